The molecule has 1 N–H and O–H groups in total. The molecular weight excluding hydrogens is 270 g/mol. The lowest BCUT2D eigenvalue weighted by atomic mass is 10.1. The number of nitrogens with zero attached hydrogens (tertiary/aromatic N) is 2. The number of nitrogens with one attached hydrogen (secondary N) is 1. The van der Waals surface area contributed by atoms with Crippen LogP contribution in [0.1, 0.15) is 37.2 Å². The molecule has 0 saturated heterocycles. The Bertz CT molecular complexity index is 583. The van der Waals surface area contributed by atoms with Gasteiger partial charge in [0.1, 0.15) is 0 Å². The molecule has 114 valence electrons. The zero-order chi connectivity index (χ0) is 15.2. The highest BCUT2D eigenvalue weighted by Crippen LogP contribution is 2.28. The molecule has 0 aliphatic heterocycles. The summed E-state index contributed by atoms with van der Waals surface area (Å²) in [6.07, 6.45) is 0.586. The molecular formula is C15H21N3O3. The van der Waals surface area contributed by atoms with Gasteiger partial charge in [-0.25, -0.2) is 0 Å². The molecule has 0 saturated carbocycles. The smallest absolute Gasteiger partial charge is 0.243 e. The number of rotatable bonds is 7. The van der Waals surface area contributed by atoms with Crippen molar-refractivity contribution in [2.75, 3.05) is 20.8 Å². The number of hydrogen-bond donors (Lipinski definition) is 1. The highest BCUT2D eigenvalue weighted by Gasteiger charge is 2.14. The predicted molar refractivity (Wildman–Crippen MR) is 78.7 cm³/mol. The molecule has 6 nitrogen and oxygen atoms in total. The predicted octanol–water partition coefficient (Wildman–Crippen LogP) is 2.35. The molecule has 0 aliphatic carbocycles. The van der Waals surface area contributed by atoms with Crippen LogP contribution < -0.4 is 14.8 Å². The van der Waals surface area contributed by atoms with Gasteiger partial charge in [0.2, 0.25) is 5.89 Å². The van der Waals surface area contributed by atoms with Crippen molar-refractivity contribution in [1.29, 1.82) is 0 Å². The van der Waals surface area contributed by atoms with E-state index in [4.69, 9.17) is 14.0 Å². The number of aromatic nitrogens is 2. The van der Waals surface area contributed by atoms with Crippen LogP contribution in [0.3, 0.4) is 0 Å². The Hall–Kier alpha value is -2.08. The third kappa shape index (κ3) is 3.72. The van der Waals surface area contributed by atoms with Gasteiger partial charge in [0, 0.05) is 6.42 Å². The second-order valence-corrected chi connectivity index (χ2v) is 4.69. The quantitative estimate of drug-likeness (QED) is 0.844. The van der Waals surface area contributed by atoms with Crippen molar-refractivity contribution in [3.05, 3.63) is 35.5 Å². The average Bonchev–Trinajstić information content (AvgIpc) is 2.96. The summed E-state index contributed by atoms with van der Waals surface area (Å²) in [6.45, 7) is 4.89. The van der Waals surface area contributed by atoms with E-state index in [0.29, 0.717) is 29.6 Å². The van der Waals surface area contributed by atoms with Crippen LogP contribution in [-0.2, 0) is 6.42 Å². The minimum absolute atomic E-state index is 0.0571. The highest BCUT2D eigenvalue weighted by atomic mass is 16.5. The summed E-state index contributed by atoms with van der Waals surface area (Å²) < 4.78 is 15.8. The summed E-state index contributed by atoms with van der Waals surface area (Å²) in [5.41, 5.74) is 1.04. The molecule has 2 rings (SSSR count). The van der Waals surface area contributed by atoms with E-state index in [9.17, 15) is 0 Å². The molecule has 1 atom stereocenters. The maximum atomic E-state index is 5.29. The van der Waals surface area contributed by atoms with E-state index in [0.717, 1.165) is 12.1 Å². The summed E-state index contributed by atoms with van der Waals surface area (Å²) in [5.74, 6) is 2.66. The molecule has 6 heteroatoms. The Labute approximate surface area is 124 Å². The molecule has 1 aromatic heterocycles. The summed E-state index contributed by atoms with van der Waals surface area (Å²) in [6, 6.07) is 5.81. The van der Waals surface area contributed by atoms with Gasteiger partial charge in [-0.2, -0.15) is 4.98 Å². The van der Waals surface area contributed by atoms with Gasteiger partial charge in [0.05, 0.1) is 20.3 Å². The normalized spacial score (nSPS) is 12.2. The van der Waals surface area contributed by atoms with Crippen molar-refractivity contribution in [1.82, 2.24) is 15.5 Å². The van der Waals surface area contributed by atoms with Crippen molar-refractivity contribution in [3.63, 3.8) is 0 Å². The van der Waals surface area contributed by atoms with Crippen LogP contribution in [0, 0.1) is 0 Å². The molecule has 0 fully saturated rings. The molecule has 2 aromatic rings. The second kappa shape index (κ2) is 7.08. The number of ether oxygens (including phenoxy) is 2. The van der Waals surface area contributed by atoms with Gasteiger partial charge in [-0.05, 0) is 31.2 Å². The Morgan fingerprint density at radius 1 is 1.24 bits per heavy atom. The Kier molecular flexibility index (Phi) is 5.16. The fraction of sp³-hybridized carbons (Fsp3) is 0.467. The summed E-state index contributed by atoms with van der Waals surface area (Å²) in [7, 11) is 3.23. The van der Waals surface area contributed by atoms with E-state index in [1.165, 1.54) is 0 Å². The number of hydrogen-bond acceptors (Lipinski definition) is 6. The first-order chi connectivity index (χ1) is 10.2. The molecule has 21 heavy (non-hydrogen) atoms. The largest absolute Gasteiger partial charge is 0.493 e. The van der Waals surface area contributed by atoms with Gasteiger partial charge < -0.3 is 19.3 Å². The van der Waals surface area contributed by atoms with Crippen LogP contribution in [-0.4, -0.2) is 30.9 Å². The van der Waals surface area contributed by atoms with Crippen LogP contribution in [0.4, 0.5) is 0 Å². The maximum absolute atomic E-state index is 5.29. The molecule has 1 aromatic carbocycles. The van der Waals surface area contributed by atoms with Crippen molar-refractivity contribution in [2.45, 2.75) is 26.3 Å². The van der Waals surface area contributed by atoms with Gasteiger partial charge in [0.15, 0.2) is 17.3 Å². The fourth-order valence-electron chi connectivity index (χ4n) is 2.08. The zero-order valence-electron chi connectivity index (χ0n) is 12.8. The standard InChI is InChI=1S/C15H21N3O3/c1-5-16-10(2)15-17-14(18-21-15)9-11-6-7-12(19-3)13(8-11)20-4/h6-8,10,16H,5,9H2,1-4H3. The molecule has 0 aliphatic rings. The molecule has 1 unspecified atom stereocenters. The van der Waals surface area contributed by atoms with Crippen LogP contribution in [0.15, 0.2) is 22.7 Å². The van der Waals surface area contributed by atoms with E-state index in [1.54, 1.807) is 14.2 Å². The lowest BCUT2D eigenvalue weighted by Gasteiger charge is -2.08. The van der Waals surface area contributed by atoms with Crippen LogP contribution in [0.25, 0.3) is 0 Å². The molecule has 0 amide bonds. The van der Waals surface area contributed by atoms with Gasteiger partial charge in [-0.1, -0.05) is 18.1 Å². The molecule has 0 bridgehead atoms. The van der Waals surface area contributed by atoms with E-state index < -0.39 is 0 Å². The van der Waals surface area contributed by atoms with Crippen molar-refractivity contribution >= 4 is 0 Å². The van der Waals surface area contributed by atoms with Crippen molar-refractivity contribution < 1.29 is 14.0 Å². The lowest BCUT2D eigenvalue weighted by Crippen LogP contribution is -2.17. The minimum Gasteiger partial charge on any atom is -0.493 e. The van der Waals surface area contributed by atoms with Gasteiger partial charge in [0.25, 0.3) is 0 Å². The van der Waals surface area contributed by atoms with Gasteiger partial charge in [-0.15, -0.1) is 0 Å². The van der Waals surface area contributed by atoms with Crippen molar-refractivity contribution in [2.24, 2.45) is 0 Å². The molecule has 1 heterocycles. The van der Waals surface area contributed by atoms with E-state index in [-0.39, 0.29) is 6.04 Å². The van der Waals surface area contributed by atoms with Crippen LogP contribution >= 0.6 is 0 Å². The minimum atomic E-state index is 0.0571. The van der Waals surface area contributed by atoms with Gasteiger partial charge >= 0.3 is 0 Å². The summed E-state index contributed by atoms with van der Waals surface area (Å²) >= 11 is 0. The van der Waals surface area contributed by atoms with Crippen LogP contribution in [0.2, 0.25) is 0 Å². The summed E-state index contributed by atoms with van der Waals surface area (Å²) in [5, 5.41) is 7.25. The Balaban J connectivity index is 2.11. The zero-order valence-corrected chi connectivity index (χ0v) is 12.8. The van der Waals surface area contributed by atoms with E-state index >= 15 is 0 Å². The first-order valence-electron chi connectivity index (χ1n) is 6.94. The van der Waals surface area contributed by atoms with Crippen LogP contribution in [0.5, 0.6) is 11.5 Å². The monoisotopic (exact) mass is 291 g/mol. The average molecular weight is 291 g/mol. The SMILES string of the molecule is CCNC(C)c1nc(Cc2ccc(OC)c(OC)c2)no1. The third-order valence-corrected chi connectivity index (χ3v) is 3.17. The number of benzene rings is 1. The van der Waals surface area contributed by atoms with Gasteiger partial charge in [-0.3, -0.25) is 0 Å². The third-order valence-electron chi connectivity index (χ3n) is 3.17. The van der Waals surface area contributed by atoms with E-state index in [2.05, 4.69) is 15.5 Å². The van der Waals surface area contributed by atoms with E-state index in [1.807, 2.05) is 32.0 Å². The highest BCUT2D eigenvalue weighted by molar-refractivity contribution is 5.43. The lowest BCUT2D eigenvalue weighted by molar-refractivity contribution is 0.339. The first kappa shape index (κ1) is 15.3. The second-order valence-electron chi connectivity index (χ2n) is 4.69. The fourth-order valence-corrected chi connectivity index (χ4v) is 2.08. The molecule has 0 spiro atoms. The topological polar surface area (TPSA) is 69.4 Å². The van der Waals surface area contributed by atoms with Crippen molar-refractivity contribution in [3.8, 4) is 11.5 Å². The Morgan fingerprint density at radius 2 is 2.00 bits per heavy atom. The Morgan fingerprint density at radius 3 is 2.67 bits per heavy atom. The first-order valence-corrected chi connectivity index (χ1v) is 6.94. The maximum Gasteiger partial charge on any atom is 0.243 e. The summed E-state index contributed by atoms with van der Waals surface area (Å²) in [4.78, 5) is 4.41. The molecule has 0 radical (unpaired) electrons. The number of methoxy groups -OCH3 is 2.